The fourth-order valence-corrected chi connectivity index (χ4v) is 2.79. The third-order valence-corrected chi connectivity index (χ3v) is 4.18. The summed E-state index contributed by atoms with van der Waals surface area (Å²) in [4.78, 5) is 19.0. The van der Waals surface area contributed by atoms with Crippen molar-refractivity contribution in [3.8, 4) is 0 Å². The van der Waals surface area contributed by atoms with Crippen LogP contribution >= 0.6 is 0 Å². The van der Waals surface area contributed by atoms with Gasteiger partial charge in [0.1, 0.15) is 5.84 Å². The first kappa shape index (κ1) is 17.2. The molecule has 130 valence electrons. The van der Waals surface area contributed by atoms with Crippen LogP contribution in [0.5, 0.6) is 0 Å². The summed E-state index contributed by atoms with van der Waals surface area (Å²) >= 11 is 0. The Morgan fingerprint density at radius 2 is 1.80 bits per heavy atom. The lowest BCUT2D eigenvalue weighted by Gasteiger charge is -2.29. The molecule has 1 aliphatic rings. The molecule has 5 heteroatoms. The van der Waals surface area contributed by atoms with Gasteiger partial charge < -0.3 is 15.0 Å². The van der Waals surface area contributed by atoms with Crippen LogP contribution in [0, 0.1) is 13.8 Å². The van der Waals surface area contributed by atoms with Crippen molar-refractivity contribution in [1.29, 1.82) is 0 Å². The summed E-state index contributed by atoms with van der Waals surface area (Å²) in [5, 5.41) is 2.91. The number of morpholine rings is 1. The van der Waals surface area contributed by atoms with E-state index in [-0.39, 0.29) is 6.03 Å². The number of carbonyl (C=O) groups excluding carboxylic acids is 1. The Bertz CT molecular complexity index is 766. The van der Waals surface area contributed by atoms with Crippen LogP contribution in [0.2, 0.25) is 0 Å². The van der Waals surface area contributed by atoms with Gasteiger partial charge in [-0.1, -0.05) is 42.5 Å². The Balaban J connectivity index is 1.86. The first-order valence-electron chi connectivity index (χ1n) is 8.48. The Hall–Kier alpha value is -2.66. The molecule has 2 amide bonds. The molecule has 0 unspecified atom stereocenters. The molecule has 5 nitrogen and oxygen atoms in total. The maximum atomic E-state index is 12.5. The molecule has 2 aromatic carbocycles. The second-order valence-corrected chi connectivity index (χ2v) is 6.15. The van der Waals surface area contributed by atoms with Crippen LogP contribution < -0.4 is 5.32 Å². The predicted octanol–water partition coefficient (Wildman–Crippen LogP) is 3.61. The molecule has 1 N–H and O–H groups in total. The van der Waals surface area contributed by atoms with Crippen LogP contribution in [-0.2, 0) is 4.74 Å². The highest BCUT2D eigenvalue weighted by Crippen LogP contribution is 2.17. The molecule has 0 aliphatic carbocycles. The Kier molecular flexibility index (Phi) is 5.46. The molecule has 0 spiro atoms. The second-order valence-electron chi connectivity index (χ2n) is 6.15. The lowest BCUT2D eigenvalue weighted by molar-refractivity contribution is 0.0682. The van der Waals surface area contributed by atoms with Crippen LogP contribution in [0.1, 0.15) is 16.7 Å². The van der Waals surface area contributed by atoms with Crippen molar-refractivity contribution in [2.75, 3.05) is 31.6 Å². The number of urea groups is 1. The van der Waals surface area contributed by atoms with Crippen LogP contribution in [0.15, 0.2) is 53.5 Å². The third-order valence-electron chi connectivity index (χ3n) is 4.18. The molecule has 3 rings (SSSR count). The van der Waals surface area contributed by atoms with Crippen molar-refractivity contribution in [2.45, 2.75) is 13.8 Å². The van der Waals surface area contributed by atoms with Gasteiger partial charge in [0, 0.05) is 24.3 Å². The number of carbonyl (C=O) groups is 1. The van der Waals surface area contributed by atoms with E-state index in [0.717, 1.165) is 35.5 Å². The first-order chi connectivity index (χ1) is 12.1. The van der Waals surface area contributed by atoms with Crippen LogP contribution in [0.25, 0.3) is 0 Å². The normalized spacial score (nSPS) is 15.1. The van der Waals surface area contributed by atoms with Gasteiger partial charge in [-0.05, 0) is 31.0 Å². The standard InChI is InChI=1S/C20H23N3O2/c1-15-8-9-16(2)18(14-15)21-20(24)22-19(17-6-4-3-5-7-17)23-10-12-25-13-11-23/h3-9,14H,10-13H2,1-2H3,(H,21,24)/b22-19+. The molecule has 1 heterocycles. The molecule has 0 aromatic heterocycles. The number of nitrogens with zero attached hydrogens (tertiary/aromatic N) is 2. The number of nitrogens with one attached hydrogen (secondary N) is 1. The lowest BCUT2D eigenvalue weighted by Crippen LogP contribution is -2.41. The van der Waals surface area contributed by atoms with E-state index in [1.807, 2.05) is 62.4 Å². The highest BCUT2D eigenvalue weighted by Gasteiger charge is 2.18. The summed E-state index contributed by atoms with van der Waals surface area (Å²) in [6, 6.07) is 15.4. The lowest BCUT2D eigenvalue weighted by atomic mass is 10.1. The minimum atomic E-state index is -0.362. The largest absolute Gasteiger partial charge is 0.378 e. The quantitative estimate of drug-likeness (QED) is 0.673. The van der Waals surface area contributed by atoms with Gasteiger partial charge in [0.25, 0.3) is 0 Å². The molecule has 0 atom stereocenters. The average Bonchev–Trinajstić information content (AvgIpc) is 2.64. The molecule has 1 fully saturated rings. The van der Waals surface area contributed by atoms with Gasteiger partial charge in [0.05, 0.1) is 13.2 Å². The Morgan fingerprint density at radius 3 is 2.52 bits per heavy atom. The molecular formula is C20H23N3O2. The average molecular weight is 337 g/mol. The third kappa shape index (κ3) is 4.45. The number of amides is 2. The maximum Gasteiger partial charge on any atom is 0.347 e. The van der Waals surface area contributed by atoms with E-state index < -0.39 is 0 Å². The summed E-state index contributed by atoms with van der Waals surface area (Å²) in [5.74, 6) is 0.687. The van der Waals surface area contributed by atoms with Gasteiger partial charge in [-0.3, -0.25) is 0 Å². The van der Waals surface area contributed by atoms with Gasteiger partial charge in [-0.15, -0.1) is 0 Å². The van der Waals surface area contributed by atoms with E-state index in [2.05, 4.69) is 15.2 Å². The van der Waals surface area contributed by atoms with E-state index in [4.69, 9.17) is 4.74 Å². The minimum Gasteiger partial charge on any atom is -0.378 e. The molecule has 0 bridgehead atoms. The number of ether oxygens (including phenoxy) is 1. The van der Waals surface area contributed by atoms with Gasteiger partial charge >= 0.3 is 6.03 Å². The topological polar surface area (TPSA) is 53.9 Å². The number of hydrogen-bond donors (Lipinski definition) is 1. The second kappa shape index (κ2) is 7.94. The van der Waals surface area contributed by atoms with Crippen molar-refractivity contribution < 1.29 is 9.53 Å². The molecule has 0 saturated carbocycles. The summed E-state index contributed by atoms with van der Waals surface area (Å²) in [5.41, 5.74) is 3.84. The molecule has 25 heavy (non-hydrogen) atoms. The number of benzene rings is 2. The van der Waals surface area contributed by atoms with Crippen molar-refractivity contribution >= 4 is 17.6 Å². The van der Waals surface area contributed by atoms with E-state index in [0.29, 0.717) is 19.0 Å². The van der Waals surface area contributed by atoms with Crippen LogP contribution in [-0.4, -0.2) is 43.1 Å². The number of amidine groups is 1. The van der Waals surface area contributed by atoms with Crippen LogP contribution in [0.4, 0.5) is 10.5 Å². The zero-order valence-corrected chi connectivity index (χ0v) is 14.7. The molecule has 2 aromatic rings. The van der Waals surface area contributed by atoms with Crippen molar-refractivity contribution in [2.24, 2.45) is 4.99 Å². The number of hydrogen-bond acceptors (Lipinski definition) is 2. The van der Waals surface area contributed by atoms with E-state index in [1.165, 1.54) is 0 Å². The zero-order valence-electron chi connectivity index (χ0n) is 14.7. The molecule has 1 aliphatic heterocycles. The monoisotopic (exact) mass is 337 g/mol. The smallest absolute Gasteiger partial charge is 0.347 e. The highest BCUT2D eigenvalue weighted by atomic mass is 16.5. The summed E-state index contributed by atoms with van der Waals surface area (Å²) in [6.45, 7) is 6.71. The van der Waals surface area contributed by atoms with E-state index >= 15 is 0 Å². The molecule has 1 saturated heterocycles. The van der Waals surface area contributed by atoms with Crippen molar-refractivity contribution in [3.05, 3.63) is 65.2 Å². The Morgan fingerprint density at radius 1 is 1.08 bits per heavy atom. The van der Waals surface area contributed by atoms with Crippen molar-refractivity contribution in [3.63, 3.8) is 0 Å². The van der Waals surface area contributed by atoms with Gasteiger partial charge in [0.15, 0.2) is 0 Å². The SMILES string of the molecule is Cc1ccc(C)c(NC(=O)/N=C(\c2ccccc2)N2CCOCC2)c1. The van der Waals surface area contributed by atoms with E-state index in [9.17, 15) is 4.79 Å². The minimum absolute atomic E-state index is 0.362. The fraction of sp³-hybridized carbons (Fsp3) is 0.300. The number of aryl methyl sites for hydroxylation is 2. The summed E-state index contributed by atoms with van der Waals surface area (Å²) in [7, 11) is 0. The first-order valence-corrected chi connectivity index (χ1v) is 8.48. The number of aliphatic imine (C=N–C) groups is 1. The maximum absolute atomic E-state index is 12.5. The summed E-state index contributed by atoms with van der Waals surface area (Å²) in [6.07, 6.45) is 0. The highest BCUT2D eigenvalue weighted by molar-refractivity contribution is 6.07. The summed E-state index contributed by atoms with van der Waals surface area (Å²) < 4.78 is 5.42. The van der Waals surface area contributed by atoms with Crippen LogP contribution in [0.3, 0.4) is 0 Å². The number of rotatable bonds is 2. The van der Waals surface area contributed by atoms with Gasteiger partial charge in [-0.2, -0.15) is 4.99 Å². The fourth-order valence-electron chi connectivity index (χ4n) is 2.79. The predicted molar refractivity (Wildman–Crippen MR) is 100 cm³/mol. The Labute approximate surface area is 148 Å². The van der Waals surface area contributed by atoms with E-state index in [1.54, 1.807) is 0 Å². The van der Waals surface area contributed by atoms with Gasteiger partial charge in [0.2, 0.25) is 0 Å². The zero-order chi connectivity index (χ0) is 17.6. The van der Waals surface area contributed by atoms with Crippen molar-refractivity contribution in [1.82, 2.24) is 4.90 Å². The van der Waals surface area contributed by atoms with Gasteiger partial charge in [-0.25, -0.2) is 4.79 Å². The number of anilines is 1. The molecular weight excluding hydrogens is 314 g/mol. The molecule has 0 radical (unpaired) electrons.